The van der Waals surface area contributed by atoms with Gasteiger partial charge in [-0.3, -0.25) is 4.79 Å². The highest BCUT2D eigenvalue weighted by Crippen LogP contribution is 2.39. The van der Waals surface area contributed by atoms with Gasteiger partial charge < -0.3 is 18.9 Å². The molecular formula is C25H32O7. The zero-order chi connectivity index (χ0) is 23.6. The van der Waals surface area contributed by atoms with Gasteiger partial charge in [-0.15, -0.1) is 0 Å². The van der Waals surface area contributed by atoms with Crippen molar-refractivity contribution in [1.82, 2.24) is 0 Å². The van der Waals surface area contributed by atoms with Crippen LogP contribution in [0.1, 0.15) is 53.4 Å². The molecule has 0 radical (unpaired) electrons. The van der Waals surface area contributed by atoms with Gasteiger partial charge in [-0.05, 0) is 51.7 Å². The third-order valence-electron chi connectivity index (χ3n) is 6.20. The fraction of sp³-hybridized carbons (Fsp3) is 0.560. The lowest BCUT2D eigenvalue weighted by Gasteiger charge is -2.34. The molecule has 0 aromatic carbocycles. The van der Waals surface area contributed by atoms with Crippen molar-refractivity contribution in [3.63, 3.8) is 0 Å². The number of hydrogen-bond donors (Lipinski definition) is 0. The first-order valence-corrected chi connectivity index (χ1v) is 11.1. The molecule has 0 aromatic rings. The summed E-state index contributed by atoms with van der Waals surface area (Å²) in [6.07, 6.45) is 2.62. The number of allylic oxidation sites excluding steroid dienone is 2. The molecule has 0 spiro atoms. The molecule has 3 aliphatic heterocycles. The van der Waals surface area contributed by atoms with Crippen LogP contribution >= 0.6 is 0 Å². The van der Waals surface area contributed by atoms with Gasteiger partial charge in [0.2, 0.25) is 0 Å². The van der Waals surface area contributed by atoms with E-state index >= 15 is 0 Å². The first-order chi connectivity index (χ1) is 15.1. The molecule has 3 rings (SSSR count). The molecule has 1 saturated heterocycles. The Morgan fingerprint density at radius 3 is 2.62 bits per heavy atom. The zero-order valence-corrected chi connectivity index (χ0v) is 19.4. The molecule has 7 nitrogen and oxygen atoms in total. The van der Waals surface area contributed by atoms with Crippen LogP contribution in [-0.2, 0) is 33.3 Å². The number of ketones is 1. The topological polar surface area (TPSA) is 88.1 Å². The van der Waals surface area contributed by atoms with Crippen molar-refractivity contribution in [2.45, 2.75) is 77.8 Å². The van der Waals surface area contributed by atoms with Gasteiger partial charge in [0.1, 0.15) is 23.5 Å². The Bertz CT molecular complexity index is 907. The van der Waals surface area contributed by atoms with E-state index < -0.39 is 30.3 Å². The van der Waals surface area contributed by atoms with Crippen LogP contribution in [0.5, 0.6) is 0 Å². The predicted molar refractivity (Wildman–Crippen MR) is 117 cm³/mol. The second kappa shape index (κ2) is 9.86. The molecule has 0 N–H and O–H groups in total. The van der Waals surface area contributed by atoms with Crippen molar-refractivity contribution < 1.29 is 33.3 Å². The summed E-state index contributed by atoms with van der Waals surface area (Å²) < 4.78 is 22.8. The molecule has 0 aliphatic carbocycles. The molecule has 174 valence electrons. The monoisotopic (exact) mass is 444 g/mol. The number of carbonyl (C=O) groups is 3. The van der Waals surface area contributed by atoms with Crippen molar-refractivity contribution >= 4 is 17.7 Å². The Morgan fingerprint density at radius 1 is 1.28 bits per heavy atom. The van der Waals surface area contributed by atoms with E-state index in [9.17, 15) is 14.4 Å². The smallest absolute Gasteiger partial charge is 0.340 e. The third-order valence-corrected chi connectivity index (χ3v) is 6.20. The Kier molecular flexibility index (Phi) is 7.39. The minimum absolute atomic E-state index is 0.0434. The maximum atomic E-state index is 13.3. The molecule has 7 heteroatoms. The molecule has 0 unspecified atom stereocenters. The summed E-state index contributed by atoms with van der Waals surface area (Å²) in [5.41, 5.74) is 2.10. The molecule has 0 saturated carbocycles. The van der Waals surface area contributed by atoms with Gasteiger partial charge in [-0.2, -0.15) is 0 Å². The Labute approximate surface area is 189 Å². The molecule has 32 heavy (non-hydrogen) atoms. The van der Waals surface area contributed by atoms with Gasteiger partial charge in [-0.1, -0.05) is 24.6 Å². The summed E-state index contributed by atoms with van der Waals surface area (Å²) in [7, 11) is 1.26. The van der Waals surface area contributed by atoms with E-state index in [1.807, 2.05) is 20.8 Å². The second-order valence-electron chi connectivity index (χ2n) is 8.82. The molecular weight excluding hydrogens is 412 g/mol. The van der Waals surface area contributed by atoms with E-state index in [-0.39, 0.29) is 23.4 Å². The number of methoxy groups -OCH3 is 1. The van der Waals surface area contributed by atoms with E-state index in [4.69, 9.17) is 18.9 Å². The second-order valence-corrected chi connectivity index (χ2v) is 8.82. The molecule has 3 aliphatic rings. The lowest BCUT2D eigenvalue weighted by molar-refractivity contribution is -0.142. The molecule has 0 aromatic heterocycles. The van der Waals surface area contributed by atoms with Gasteiger partial charge in [0.25, 0.3) is 0 Å². The number of ether oxygens (including phenoxy) is 4. The predicted octanol–water partition coefficient (Wildman–Crippen LogP) is 3.74. The average Bonchev–Trinajstić information content (AvgIpc) is 3.11. The zero-order valence-electron chi connectivity index (χ0n) is 19.4. The number of fused-ring (bicyclic) bond motifs is 4. The van der Waals surface area contributed by atoms with Crippen LogP contribution < -0.4 is 0 Å². The van der Waals surface area contributed by atoms with E-state index in [2.05, 4.69) is 6.58 Å². The van der Waals surface area contributed by atoms with E-state index in [0.29, 0.717) is 37.0 Å². The number of esters is 2. The molecule has 5 atom stereocenters. The van der Waals surface area contributed by atoms with Crippen LogP contribution in [0.25, 0.3) is 0 Å². The van der Waals surface area contributed by atoms with Crippen LogP contribution in [0.3, 0.4) is 0 Å². The Balaban J connectivity index is 2.22. The summed E-state index contributed by atoms with van der Waals surface area (Å²) >= 11 is 0. The van der Waals surface area contributed by atoms with Gasteiger partial charge in [0.15, 0.2) is 11.9 Å². The highest BCUT2D eigenvalue weighted by atomic mass is 16.6. The number of carbonyl (C=O) groups excluding carboxylic acids is 3. The fourth-order valence-corrected chi connectivity index (χ4v) is 4.20. The normalized spacial score (nSPS) is 29.0. The van der Waals surface area contributed by atoms with Crippen molar-refractivity contribution in [1.29, 1.82) is 0 Å². The summed E-state index contributed by atoms with van der Waals surface area (Å²) in [4.78, 5) is 38.9. The quantitative estimate of drug-likeness (QED) is 0.471. The maximum absolute atomic E-state index is 13.3. The SMILES string of the molecule is C=C(C)[C@H]1CC2=C(C(=O)OC)[C@H](O[C@@H](C)CC)C(=O)C=C(C)C[C@@H]3C=C(C(=O)O3)[C@H](C1)O2. The van der Waals surface area contributed by atoms with Gasteiger partial charge in [0, 0.05) is 12.8 Å². The fourth-order valence-electron chi connectivity index (χ4n) is 4.20. The highest BCUT2D eigenvalue weighted by Gasteiger charge is 2.42. The molecule has 0 amide bonds. The van der Waals surface area contributed by atoms with Crippen LogP contribution in [0.15, 0.2) is 46.8 Å². The molecule has 3 heterocycles. The molecule has 4 bridgehead atoms. The maximum Gasteiger partial charge on any atom is 0.340 e. The van der Waals surface area contributed by atoms with Crippen molar-refractivity contribution in [3.8, 4) is 0 Å². The minimum Gasteiger partial charge on any atom is -0.489 e. The third kappa shape index (κ3) is 5.04. The van der Waals surface area contributed by atoms with Crippen molar-refractivity contribution in [2.75, 3.05) is 7.11 Å². The van der Waals surface area contributed by atoms with E-state index in [0.717, 1.165) is 11.1 Å². The summed E-state index contributed by atoms with van der Waals surface area (Å²) in [6.45, 7) is 11.6. The largest absolute Gasteiger partial charge is 0.489 e. The van der Waals surface area contributed by atoms with Crippen LogP contribution in [0.2, 0.25) is 0 Å². The van der Waals surface area contributed by atoms with Crippen LogP contribution in [0, 0.1) is 5.92 Å². The van der Waals surface area contributed by atoms with E-state index in [1.165, 1.54) is 13.2 Å². The minimum atomic E-state index is -1.17. The average molecular weight is 445 g/mol. The molecule has 1 fully saturated rings. The number of rotatable bonds is 5. The summed E-state index contributed by atoms with van der Waals surface area (Å²) in [6, 6.07) is 0. The lowest BCUT2D eigenvalue weighted by Crippen LogP contribution is -2.37. The van der Waals surface area contributed by atoms with Gasteiger partial charge in [-0.25, -0.2) is 9.59 Å². The Morgan fingerprint density at radius 2 is 2.00 bits per heavy atom. The van der Waals surface area contributed by atoms with Gasteiger partial charge >= 0.3 is 11.9 Å². The first-order valence-electron chi connectivity index (χ1n) is 11.1. The summed E-state index contributed by atoms with van der Waals surface area (Å²) in [5, 5.41) is 0. The Hall–Kier alpha value is -2.67. The van der Waals surface area contributed by atoms with Crippen LogP contribution in [-0.4, -0.2) is 49.2 Å². The van der Waals surface area contributed by atoms with Crippen molar-refractivity contribution in [3.05, 3.63) is 46.8 Å². The number of hydrogen-bond acceptors (Lipinski definition) is 7. The summed E-state index contributed by atoms with van der Waals surface area (Å²) in [5.74, 6) is -1.25. The van der Waals surface area contributed by atoms with Gasteiger partial charge in [0.05, 0.1) is 18.8 Å². The first kappa shape index (κ1) is 24.0. The lowest BCUT2D eigenvalue weighted by atomic mass is 9.84. The highest BCUT2D eigenvalue weighted by molar-refractivity contribution is 6.04. The van der Waals surface area contributed by atoms with Crippen LogP contribution in [0.4, 0.5) is 0 Å². The van der Waals surface area contributed by atoms with E-state index in [1.54, 1.807) is 13.0 Å². The standard InChI is InChI=1S/C25H32O7/c1-7-15(5)30-23-19(26)9-14(4)8-17-12-18(24(27)31-17)20-10-16(13(2)3)11-21(32-20)22(23)25(28)29-6/h9,12,15-17,20,23H,2,7-8,10-11H2,1,3-6H3/t15-,16+,17+,20-,23+/m0/s1. The van der Waals surface area contributed by atoms with Crippen molar-refractivity contribution in [2.24, 2.45) is 5.92 Å².